The fourth-order valence-electron chi connectivity index (χ4n) is 2.63. The van der Waals surface area contributed by atoms with Crippen LogP contribution in [0.4, 0.5) is 0 Å². The zero-order valence-electron chi connectivity index (χ0n) is 15.5. The summed E-state index contributed by atoms with van der Waals surface area (Å²) in [7, 11) is 0. The molecule has 0 aliphatic rings. The van der Waals surface area contributed by atoms with Crippen molar-refractivity contribution in [2.45, 2.75) is 32.7 Å². The van der Waals surface area contributed by atoms with E-state index in [0.29, 0.717) is 19.4 Å². The number of ether oxygens (including phenoxy) is 1. The maximum absolute atomic E-state index is 12.1. The van der Waals surface area contributed by atoms with E-state index in [9.17, 15) is 4.79 Å². The molecule has 0 unspecified atom stereocenters. The van der Waals surface area contributed by atoms with Crippen LogP contribution in [0.5, 0.6) is 5.75 Å². The highest BCUT2D eigenvalue weighted by atomic mass is 16.5. The van der Waals surface area contributed by atoms with E-state index in [1.807, 2.05) is 42.5 Å². The minimum Gasteiger partial charge on any atom is -0.494 e. The highest BCUT2D eigenvalue weighted by Gasteiger charge is 2.05. The Kier molecular flexibility index (Phi) is 6.63. The van der Waals surface area contributed by atoms with E-state index < -0.39 is 0 Å². The number of furan rings is 1. The van der Waals surface area contributed by atoms with Gasteiger partial charge in [-0.15, -0.1) is 0 Å². The van der Waals surface area contributed by atoms with Crippen LogP contribution in [-0.2, 0) is 17.8 Å². The van der Waals surface area contributed by atoms with Crippen LogP contribution in [0.2, 0.25) is 0 Å². The maximum atomic E-state index is 12.1. The summed E-state index contributed by atoms with van der Waals surface area (Å²) in [6.07, 6.45) is 7.21. The van der Waals surface area contributed by atoms with Gasteiger partial charge in [0.1, 0.15) is 5.75 Å². The second-order valence-corrected chi connectivity index (χ2v) is 6.33. The minimum absolute atomic E-state index is 0.0280. The molecular formula is C22H24N2O3. The monoisotopic (exact) mass is 364 g/mol. The molecule has 0 bridgehead atoms. The average Bonchev–Trinajstić information content (AvgIpc) is 3.25. The summed E-state index contributed by atoms with van der Waals surface area (Å²) >= 11 is 0. The lowest BCUT2D eigenvalue weighted by Gasteiger charge is -2.07. The number of pyridine rings is 1. The van der Waals surface area contributed by atoms with Gasteiger partial charge in [-0.1, -0.05) is 25.1 Å². The molecule has 0 saturated heterocycles. The van der Waals surface area contributed by atoms with Gasteiger partial charge in [0.15, 0.2) is 0 Å². The number of rotatable bonds is 9. The molecule has 0 radical (unpaired) electrons. The van der Waals surface area contributed by atoms with Gasteiger partial charge in [-0.05, 0) is 48.2 Å². The van der Waals surface area contributed by atoms with Gasteiger partial charge in [0, 0.05) is 24.7 Å². The first-order chi connectivity index (χ1) is 13.2. The van der Waals surface area contributed by atoms with Gasteiger partial charge in [0.05, 0.1) is 24.8 Å². The van der Waals surface area contributed by atoms with Crippen LogP contribution < -0.4 is 10.1 Å². The Balaban J connectivity index is 1.41. The summed E-state index contributed by atoms with van der Waals surface area (Å²) in [6, 6.07) is 13.7. The molecule has 0 fully saturated rings. The number of aryl methyl sites for hydroxylation is 1. The summed E-state index contributed by atoms with van der Waals surface area (Å²) in [5.41, 5.74) is 3.88. The van der Waals surface area contributed by atoms with Gasteiger partial charge in [-0.2, -0.15) is 0 Å². The molecule has 5 heteroatoms. The lowest BCUT2D eigenvalue weighted by molar-refractivity contribution is -0.121. The highest BCUT2D eigenvalue weighted by molar-refractivity contribution is 5.76. The number of aromatic nitrogens is 1. The summed E-state index contributed by atoms with van der Waals surface area (Å²) < 4.78 is 10.6. The maximum Gasteiger partial charge on any atom is 0.220 e. The third-order valence-electron chi connectivity index (χ3n) is 4.17. The summed E-state index contributed by atoms with van der Waals surface area (Å²) in [5.74, 6) is 0.900. The molecule has 1 aromatic carbocycles. The predicted molar refractivity (Wildman–Crippen MR) is 104 cm³/mol. The minimum atomic E-state index is 0.0280. The first kappa shape index (κ1) is 18.7. The zero-order valence-corrected chi connectivity index (χ0v) is 15.5. The molecule has 0 aliphatic heterocycles. The Hall–Kier alpha value is -3.08. The van der Waals surface area contributed by atoms with Gasteiger partial charge in [0.2, 0.25) is 5.91 Å². The van der Waals surface area contributed by atoms with Crippen LogP contribution in [0.25, 0.3) is 11.3 Å². The van der Waals surface area contributed by atoms with E-state index in [4.69, 9.17) is 9.15 Å². The van der Waals surface area contributed by atoms with Crippen LogP contribution in [0.1, 0.15) is 30.9 Å². The van der Waals surface area contributed by atoms with Crippen molar-refractivity contribution in [1.29, 1.82) is 0 Å². The molecule has 5 nitrogen and oxygen atoms in total. The van der Waals surface area contributed by atoms with Gasteiger partial charge >= 0.3 is 0 Å². The predicted octanol–water partition coefficient (Wildman–Crippen LogP) is 4.38. The van der Waals surface area contributed by atoms with E-state index in [1.165, 1.54) is 0 Å². The molecule has 0 aliphatic carbocycles. The molecular weight excluding hydrogens is 340 g/mol. The largest absolute Gasteiger partial charge is 0.494 e. The number of hydrogen-bond acceptors (Lipinski definition) is 4. The third kappa shape index (κ3) is 5.71. The smallest absolute Gasteiger partial charge is 0.220 e. The highest BCUT2D eigenvalue weighted by Crippen LogP contribution is 2.17. The van der Waals surface area contributed by atoms with Crippen molar-refractivity contribution in [3.05, 3.63) is 72.3 Å². The number of carbonyl (C=O) groups excluding carboxylic acids is 1. The molecule has 2 heterocycles. The fraction of sp³-hybridized carbons (Fsp3) is 0.273. The molecule has 140 valence electrons. The molecule has 1 N–H and O–H groups in total. The molecule has 3 rings (SSSR count). The van der Waals surface area contributed by atoms with E-state index in [1.54, 1.807) is 18.7 Å². The SMILES string of the molecule is CCCOc1ccc(CCC(=O)NCc2ccc(-c3ccoc3)nc2)cc1. The van der Waals surface area contributed by atoms with Gasteiger partial charge in [-0.3, -0.25) is 9.78 Å². The van der Waals surface area contributed by atoms with Crippen molar-refractivity contribution < 1.29 is 13.9 Å². The van der Waals surface area contributed by atoms with E-state index >= 15 is 0 Å². The number of nitrogens with one attached hydrogen (secondary N) is 1. The van der Waals surface area contributed by atoms with Crippen LogP contribution in [0, 0.1) is 0 Å². The Labute approximate surface area is 159 Å². The molecule has 0 spiro atoms. The van der Waals surface area contributed by atoms with Crippen molar-refractivity contribution in [3.63, 3.8) is 0 Å². The van der Waals surface area contributed by atoms with Crippen LogP contribution in [0.3, 0.4) is 0 Å². The van der Waals surface area contributed by atoms with Crippen LogP contribution in [0.15, 0.2) is 65.6 Å². The standard InChI is InChI=1S/C22H24N2O3/c1-2-12-27-20-7-3-17(4-8-20)6-10-22(25)24-15-18-5-9-21(23-14-18)19-11-13-26-16-19/h3-5,7-9,11,13-14,16H,2,6,10,12,15H2,1H3,(H,24,25). The topological polar surface area (TPSA) is 64.4 Å². The summed E-state index contributed by atoms with van der Waals surface area (Å²) in [4.78, 5) is 16.5. The van der Waals surface area contributed by atoms with Crippen molar-refractivity contribution in [3.8, 4) is 17.0 Å². The van der Waals surface area contributed by atoms with Crippen LogP contribution >= 0.6 is 0 Å². The van der Waals surface area contributed by atoms with Crippen LogP contribution in [-0.4, -0.2) is 17.5 Å². The normalized spacial score (nSPS) is 10.6. The number of nitrogens with zero attached hydrogens (tertiary/aromatic N) is 1. The van der Waals surface area contributed by atoms with E-state index in [-0.39, 0.29) is 5.91 Å². The van der Waals surface area contributed by atoms with Crippen molar-refractivity contribution in [2.75, 3.05) is 6.61 Å². The zero-order chi connectivity index (χ0) is 18.9. The first-order valence-corrected chi connectivity index (χ1v) is 9.20. The summed E-state index contributed by atoms with van der Waals surface area (Å²) in [6.45, 7) is 3.28. The first-order valence-electron chi connectivity index (χ1n) is 9.20. The fourth-order valence-corrected chi connectivity index (χ4v) is 2.63. The number of benzene rings is 1. The molecule has 0 atom stereocenters. The second-order valence-electron chi connectivity index (χ2n) is 6.33. The Bertz CT molecular complexity index is 825. The molecule has 1 amide bonds. The molecule has 3 aromatic rings. The summed E-state index contributed by atoms with van der Waals surface area (Å²) in [5, 5.41) is 2.94. The number of hydrogen-bond donors (Lipinski definition) is 1. The Morgan fingerprint density at radius 3 is 2.59 bits per heavy atom. The average molecular weight is 364 g/mol. The van der Waals surface area contributed by atoms with Gasteiger partial charge in [0.25, 0.3) is 0 Å². The molecule has 0 saturated carbocycles. The molecule has 2 aromatic heterocycles. The third-order valence-corrected chi connectivity index (χ3v) is 4.17. The van der Waals surface area contributed by atoms with Gasteiger partial charge < -0.3 is 14.5 Å². The van der Waals surface area contributed by atoms with E-state index in [2.05, 4.69) is 17.2 Å². The number of carbonyl (C=O) groups is 1. The lowest BCUT2D eigenvalue weighted by atomic mass is 10.1. The van der Waals surface area contributed by atoms with Crippen molar-refractivity contribution in [1.82, 2.24) is 10.3 Å². The molecule has 27 heavy (non-hydrogen) atoms. The Morgan fingerprint density at radius 1 is 1.11 bits per heavy atom. The second kappa shape index (κ2) is 9.57. The van der Waals surface area contributed by atoms with E-state index in [0.717, 1.165) is 41.2 Å². The lowest BCUT2D eigenvalue weighted by Crippen LogP contribution is -2.23. The van der Waals surface area contributed by atoms with Crippen molar-refractivity contribution >= 4 is 5.91 Å². The quantitative estimate of drug-likeness (QED) is 0.612. The number of amides is 1. The Morgan fingerprint density at radius 2 is 1.93 bits per heavy atom. The van der Waals surface area contributed by atoms with Gasteiger partial charge in [-0.25, -0.2) is 0 Å². The van der Waals surface area contributed by atoms with Crippen molar-refractivity contribution in [2.24, 2.45) is 0 Å².